The second-order valence-corrected chi connectivity index (χ2v) is 4.05. The number of hydrogen-bond acceptors (Lipinski definition) is 5. The molecule has 1 heterocycles. The lowest BCUT2D eigenvalue weighted by Gasteiger charge is -2.34. The van der Waals surface area contributed by atoms with E-state index in [1.165, 1.54) is 0 Å². The summed E-state index contributed by atoms with van der Waals surface area (Å²) < 4.78 is 4.88. The van der Waals surface area contributed by atoms with Crippen LogP contribution in [0.4, 0.5) is 4.79 Å². The number of carbonyl (C=O) groups is 3. The molecule has 1 fully saturated rings. The molecule has 3 amide bonds. The average molecular weight is 272 g/mol. The van der Waals surface area contributed by atoms with E-state index in [4.69, 9.17) is 10.5 Å². The molecule has 8 nitrogen and oxygen atoms in total. The lowest BCUT2D eigenvalue weighted by Crippen LogP contribution is -2.53. The van der Waals surface area contributed by atoms with E-state index in [0.717, 1.165) is 0 Å². The first kappa shape index (κ1) is 15.2. The molecule has 0 unspecified atom stereocenters. The number of amides is 3. The van der Waals surface area contributed by atoms with E-state index in [1.807, 2.05) is 0 Å². The molecule has 1 rings (SSSR count). The zero-order valence-corrected chi connectivity index (χ0v) is 11.1. The molecule has 0 bridgehead atoms. The summed E-state index contributed by atoms with van der Waals surface area (Å²) in [5, 5.41) is 2.42. The van der Waals surface area contributed by atoms with Crippen LogP contribution in [0.2, 0.25) is 0 Å². The molecule has 0 saturated carbocycles. The first-order valence-corrected chi connectivity index (χ1v) is 6.24. The third kappa shape index (κ3) is 4.74. The van der Waals surface area contributed by atoms with Crippen molar-refractivity contribution in [3.63, 3.8) is 0 Å². The molecule has 108 valence electrons. The molecule has 0 aromatic carbocycles. The molecule has 0 atom stereocenters. The number of piperazine rings is 1. The Labute approximate surface area is 111 Å². The second kappa shape index (κ2) is 7.57. The molecule has 0 aromatic heterocycles. The number of ether oxygens (including phenoxy) is 1. The number of nitrogens with one attached hydrogen (secondary N) is 1. The topological polar surface area (TPSA) is 105 Å². The van der Waals surface area contributed by atoms with Crippen molar-refractivity contribution in [2.75, 3.05) is 45.9 Å². The maximum absolute atomic E-state index is 11.8. The normalized spacial score (nSPS) is 15.1. The zero-order chi connectivity index (χ0) is 14.3. The fourth-order valence-corrected chi connectivity index (χ4v) is 1.71. The van der Waals surface area contributed by atoms with Crippen LogP contribution in [0.1, 0.15) is 6.92 Å². The molecule has 0 aromatic rings. The Morgan fingerprint density at radius 3 is 2.26 bits per heavy atom. The molecule has 1 aliphatic heterocycles. The van der Waals surface area contributed by atoms with Gasteiger partial charge >= 0.3 is 6.09 Å². The van der Waals surface area contributed by atoms with E-state index in [0.29, 0.717) is 32.8 Å². The first-order chi connectivity index (χ1) is 9.08. The lowest BCUT2D eigenvalue weighted by atomic mass is 10.3. The van der Waals surface area contributed by atoms with Gasteiger partial charge in [0.15, 0.2) is 0 Å². The van der Waals surface area contributed by atoms with Gasteiger partial charge in [-0.3, -0.25) is 9.59 Å². The minimum Gasteiger partial charge on any atom is -0.450 e. The molecule has 0 spiro atoms. The Kier molecular flexibility index (Phi) is 6.07. The largest absolute Gasteiger partial charge is 0.450 e. The van der Waals surface area contributed by atoms with E-state index in [-0.39, 0.29) is 31.0 Å². The van der Waals surface area contributed by atoms with E-state index >= 15 is 0 Å². The van der Waals surface area contributed by atoms with Gasteiger partial charge < -0.3 is 25.6 Å². The third-order valence-corrected chi connectivity index (χ3v) is 2.78. The summed E-state index contributed by atoms with van der Waals surface area (Å²) in [5.41, 5.74) is 5.12. The van der Waals surface area contributed by atoms with E-state index < -0.39 is 0 Å². The van der Waals surface area contributed by atoms with Crippen molar-refractivity contribution >= 4 is 17.9 Å². The van der Waals surface area contributed by atoms with Gasteiger partial charge in [-0.15, -0.1) is 0 Å². The van der Waals surface area contributed by atoms with Crippen LogP contribution in [-0.4, -0.2) is 73.6 Å². The van der Waals surface area contributed by atoms with Crippen LogP contribution >= 0.6 is 0 Å². The van der Waals surface area contributed by atoms with Crippen LogP contribution in [-0.2, 0) is 14.3 Å². The highest BCUT2D eigenvalue weighted by Crippen LogP contribution is 2.03. The van der Waals surface area contributed by atoms with E-state index in [1.54, 1.807) is 16.7 Å². The van der Waals surface area contributed by atoms with Crippen LogP contribution in [0, 0.1) is 0 Å². The molecule has 19 heavy (non-hydrogen) atoms. The average Bonchev–Trinajstić information content (AvgIpc) is 2.44. The van der Waals surface area contributed by atoms with Crippen molar-refractivity contribution < 1.29 is 19.1 Å². The monoisotopic (exact) mass is 272 g/mol. The summed E-state index contributed by atoms with van der Waals surface area (Å²) in [6, 6.07) is 0. The molecule has 8 heteroatoms. The minimum atomic E-state index is -0.362. The molecule has 1 aliphatic rings. The van der Waals surface area contributed by atoms with Crippen molar-refractivity contribution in [1.82, 2.24) is 15.1 Å². The summed E-state index contributed by atoms with van der Waals surface area (Å²) in [7, 11) is 0. The van der Waals surface area contributed by atoms with Crippen molar-refractivity contribution in [2.24, 2.45) is 5.73 Å². The van der Waals surface area contributed by atoms with E-state index in [9.17, 15) is 14.4 Å². The SMILES string of the molecule is CCOC(=O)N1CCN(C(=O)CNC(=O)CN)CC1. The van der Waals surface area contributed by atoms with Crippen molar-refractivity contribution in [1.29, 1.82) is 0 Å². The smallest absolute Gasteiger partial charge is 0.409 e. The van der Waals surface area contributed by atoms with Gasteiger partial charge in [-0.25, -0.2) is 4.79 Å². The lowest BCUT2D eigenvalue weighted by molar-refractivity contribution is -0.133. The van der Waals surface area contributed by atoms with Crippen LogP contribution < -0.4 is 11.1 Å². The van der Waals surface area contributed by atoms with Gasteiger partial charge in [0, 0.05) is 26.2 Å². The fraction of sp³-hybridized carbons (Fsp3) is 0.727. The fourth-order valence-electron chi connectivity index (χ4n) is 1.71. The molecule has 0 aliphatic carbocycles. The Balaban J connectivity index is 2.31. The molecule has 0 radical (unpaired) electrons. The van der Waals surface area contributed by atoms with Crippen LogP contribution in [0.25, 0.3) is 0 Å². The van der Waals surface area contributed by atoms with Crippen LogP contribution in [0.3, 0.4) is 0 Å². The summed E-state index contributed by atoms with van der Waals surface area (Å²) in [6.07, 6.45) is -0.356. The minimum absolute atomic E-state index is 0.0601. The number of nitrogens with zero attached hydrogens (tertiary/aromatic N) is 2. The highest BCUT2D eigenvalue weighted by Gasteiger charge is 2.24. The maximum atomic E-state index is 11.8. The molecular weight excluding hydrogens is 252 g/mol. The summed E-state index contributed by atoms with van der Waals surface area (Å²) in [6.45, 7) is 3.65. The Hall–Kier alpha value is -1.83. The third-order valence-electron chi connectivity index (χ3n) is 2.78. The van der Waals surface area contributed by atoms with Crippen molar-refractivity contribution in [3.05, 3.63) is 0 Å². The van der Waals surface area contributed by atoms with Crippen molar-refractivity contribution in [2.45, 2.75) is 6.92 Å². The number of carbonyl (C=O) groups excluding carboxylic acids is 3. The van der Waals surface area contributed by atoms with Gasteiger partial charge in [0.05, 0.1) is 19.7 Å². The zero-order valence-electron chi connectivity index (χ0n) is 11.1. The highest BCUT2D eigenvalue weighted by molar-refractivity contribution is 5.85. The molecule has 1 saturated heterocycles. The second-order valence-electron chi connectivity index (χ2n) is 4.05. The summed E-state index contributed by atoms with van der Waals surface area (Å²) >= 11 is 0. The van der Waals surface area contributed by atoms with Gasteiger partial charge in [-0.1, -0.05) is 0 Å². The van der Waals surface area contributed by atoms with Gasteiger partial charge in [0.2, 0.25) is 11.8 Å². The number of rotatable bonds is 4. The van der Waals surface area contributed by atoms with Gasteiger partial charge in [0.25, 0.3) is 0 Å². The van der Waals surface area contributed by atoms with Crippen LogP contribution in [0.15, 0.2) is 0 Å². The Morgan fingerprint density at radius 1 is 1.16 bits per heavy atom. The van der Waals surface area contributed by atoms with Crippen molar-refractivity contribution in [3.8, 4) is 0 Å². The molecular formula is C11H20N4O4. The standard InChI is InChI=1S/C11H20N4O4/c1-2-19-11(18)15-5-3-14(4-6-15)10(17)8-13-9(16)7-12/h2-8,12H2,1H3,(H,13,16). The molecule has 3 N–H and O–H groups in total. The summed E-state index contributed by atoms with van der Waals surface area (Å²) in [4.78, 5) is 37.3. The van der Waals surface area contributed by atoms with Gasteiger partial charge in [-0.2, -0.15) is 0 Å². The Morgan fingerprint density at radius 2 is 1.74 bits per heavy atom. The predicted molar refractivity (Wildman–Crippen MR) is 67.2 cm³/mol. The number of hydrogen-bond donors (Lipinski definition) is 2. The van der Waals surface area contributed by atoms with Gasteiger partial charge in [0.1, 0.15) is 0 Å². The first-order valence-electron chi connectivity index (χ1n) is 6.24. The summed E-state index contributed by atoms with van der Waals surface area (Å²) in [5.74, 6) is -0.538. The number of nitrogens with two attached hydrogens (primary N) is 1. The maximum Gasteiger partial charge on any atom is 0.409 e. The van der Waals surface area contributed by atoms with Crippen LogP contribution in [0.5, 0.6) is 0 Å². The predicted octanol–water partition coefficient (Wildman–Crippen LogP) is -1.64. The highest BCUT2D eigenvalue weighted by atomic mass is 16.6. The Bertz CT molecular complexity index is 340. The van der Waals surface area contributed by atoms with Gasteiger partial charge in [-0.05, 0) is 6.92 Å². The van der Waals surface area contributed by atoms with E-state index in [2.05, 4.69) is 5.32 Å². The quantitative estimate of drug-likeness (QED) is 0.639.